The van der Waals surface area contributed by atoms with E-state index in [1.807, 2.05) is 19.1 Å². The van der Waals surface area contributed by atoms with Gasteiger partial charge in [0.2, 0.25) is 11.8 Å². The molecule has 2 aliphatic rings. The Morgan fingerprint density at radius 2 is 2.17 bits per heavy atom. The van der Waals surface area contributed by atoms with Gasteiger partial charge in [-0.15, -0.1) is 0 Å². The number of nitrogens with one attached hydrogen (secondary N) is 1. The fraction of sp³-hybridized carbons (Fsp3) is 0.588. The van der Waals surface area contributed by atoms with Gasteiger partial charge in [-0.05, 0) is 18.6 Å². The lowest BCUT2D eigenvalue weighted by molar-refractivity contribution is -0.128. The molecule has 0 spiro atoms. The van der Waals surface area contributed by atoms with Crippen molar-refractivity contribution >= 4 is 17.6 Å². The summed E-state index contributed by atoms with van der Waals surface area (Å²) in [5.74, 6) is 0.706. The highest BCUT2D eigenvalue weighted by atomic mass is 16.5. The van der Waals surface area contributed by atoms with Crippen LogP contribution in [0.1, 0.15) is 18.9 Å². The number of aromatic nitrogens is 1. The third-order valence-electron chi connectivity index (χ3n) is 4.58. The Balaban J connectivity index is 1.49. The number of anilines is 1. The van der Waals surface area contributed by atoms with Gasteiger partial charge in [0.05, 0.1) is 19.1 Å². The summed E-state index contributed by atoms with van der Waals surface area (Å²) in [7, 11) is 0. The van der Waals surface area contributed by atoms with Crippen molar-refractivity contribution in [3.63, 3.8) is 0 Å². The molecule has 2 aliphatic heterocycles. The maximum Gasteiger partial charge on any atom is 0.225 e. The Hall–Kier alpha value is -2.15. The largest absolute Gasteiger partial charge is 0.378 e. The first kappa shape index (κ1) is 16.7. The topological polar surface area (TPSA) is 74.8 Å². The van der Waals surface area contributed by atoms with Crippen LogP contribution in [0.3, 0.4) is 0 Å². The highest BCUT2D eigenvalue weighted by Gasteiger charge is 2.33. The average molecular weight is 332 g/mol. The molecule has 0 radical (unpaired) electrons. The Morgan fingerprint density at radius 1 is 1.38 bits per heavy atom. The van der Waals surface area contributed by atoms with E-state index in [0.29, 0.717) is 26.1 Å². The van der Waals surface area contributed by atoms with E-state index in [4.69, 9.17) is 4.74 Å². The first-order valence-electron chi connectivity index (χ1n) is 8.50. The zero-order valence-corrected chi connectivity index (χ0v) is 14.0. The number of carbonyl (C=O) groups is 2. The van der Waals surface area contributed by atoms with Crippen molar-refractivity contribution < 1.29 is 14.3 Å². The molecule has 1 aromatic heterocycles. The molecular weight excluding hydrogens is 308 g/mol. The first-order valence-corrected chi connectivity index (χ1v) is 8.50. The summed E-state index contributed by atoms with van der Waals surface area (Å²) < 4.78 is 5.34. The number of ether oxygens (including phenoxy) is 1. The van der Waals surface area contributed by atoms with Gasteiger partial charge >= 0.3 is 0 Å². The normalized spacial score (nSPS) is 21.2. The number of nitrogens with zero attached hydrogens (tertiary/aromatic N) is 3. The van der Waals surface area contributed by atoms with E-state index in [0.717, 1.165) is 37.7 Å². The number of carbonyl (C=O) groups excluding carboxylic acids is 2. The molecule has 0 aliphatic carbocycles. The van der Waals surface area contributed by atoms with E-state index in [9.17, 15) is 9.59 Å². The maximum atomic E-state index is 12.2. The summed E-state index contributed by atoms with van der Waals surface area (Å²) in [4.78, 5) is 32.3. The van der Waals surface area contributed by atoms with Crippen LogP contribution in [-0.4, -0.2) is 61.1 Å². The quantitative estimate of drug-likeness (QED) is 0.845. The molecular formula is C17H24N4O3. The second-order valence-corrected chi connectivity index (χ2v) is 6.18. The van der Waals surface area contributed by atoms with Crippen molar-refractivity contribution in [2.45, 2.75) is 19.9 Å². The Kier molecular flexibility index (Phi) is 5.30. The summed E-state index contributed by atoms with van der Waals surface area (Å²) in [6.45, 7) is 6.72. The molecule has 1 N–H and O–H groups in total. The van der Waals surface area contributed by atoms with Gasteiger partial charge in [-0.25, -0.2) is 4.98 Å². The van der Waals surface area contributed by atoms with Crippen molar-refractivity contribution in [3.8, 4) is 0 Å². The number of likely N-dealkylation sites (tertiary alicyclic amines) is 1. The van der Waals surface area contributed by atoms with Gasteiger partial charge in [-0.1, -0.05) is 6.07 Å². The lowest BCUT2D eigenvalue weighted by atomic mass is 10.1. The van der Waals surface area contributed by atoms with Crippen LogP contribution in [0.5, 0.6) is 0 Å². The molecule has 24 heavy (non-hydrogen) atoms. The number of pyridine rings is 1. The molecule has 0 bridgehead atoms. The van der Waals surface area contributed by atoms with Crippen LogP contribution in [0, 0.1) is 5.92 Å². The van der Waals surface area contributed by atoms with Crippen LogP contribution in [0.4, 0.5) is 5.82 Å². The summed E-state index contributed by atoms with van der Waals surface area (Å²) in [5, 5.41) is 2.91. The molecule has 0 aromatic carbocycles. The molecule has 2 saturated heterocycles. The van der Waals surface area contributed by atoms with Gasteiger partial charge in [0.25, 0.3) is 0 Å². The fourth-order valence-electron chi connectivity index (χ4n) is 3.09. The van der Waals surface area contributed by atoms with E-state index in [1.54, 1.807) is 11.1 Å². The van der Waals surface area contributed by atoms with Crippen LogP contribution < -0.4 is 10.2 Å². The Bertz CT molecular complexity index is 584. The number of hydrogen-bond donors (Lipinski definition) is 1. The van der Waals surface area contributed by atoms with Crippen molar-refractivity contribution in [1.82, 2.24) is 15.2 Å². The minimum absolute atomic E-state index is 0.0587. The van der Waals surface area contributed by atoms with Crippen LogP contribution in [-0.2, 0) is 20.9 Å². The molecule has 3 rings (SSSR count). The second-order valence-electron chi connectivity index (χ2n) is 6.18. The Morgan fingerprint density at radius 3 is 2.79 bits per heavy atom. The molecule has 0 unspecified atom stereocenters. The number of amides is 2. The zero-order valence-electron chi connectivity index (χ0n) is 14.0. The van der Waals surface area contributed by atoms with Gasteiger partial charge in [-0.3, -0.25) is 9.59 Å². The smallest absolute Gasteiger partial charge is 0.225 e. The van der Waals surface area contributed by atoms with E-state index < -0.39 is 0 Å². The molecule has 1 aromatic rings. The van der Waals surface area contributed by atoms with Crippen molar-refractivity contribution in [1.29, 1.82) is 0 Å². The van der Waals surface area contributed by atoms with Crippen LogP contribution in [0.2, 0.25) is 0 Å². The summed E-state index contributed by atoms with van der Waals surface area (Å²) in [6.07, 6.45) is 2.11. The summed E-state index contributed by atoms with van der Waals surface area (Å²) in [6, 6.07) is 3.96. The number of morpholine rings is 1. The zero-order chi connectivity index (χ0) is 16.9. The third kappa shape index (κ3) is 3.84. The highest BCUT2D eigenvalue weighted by Crippen LogP contribution is 2.18. The van der Waals surface area contributed by atoms with Gasteiger partial charge < -0.3 is 19.9 Å². The van der Waals surface area contributed by atoms with E-state index in [-0.39, 0.29) is 17.7 Å². The van der Waals surface area contributed by atoms with Crippen molar-refractivity contribution in [2.75, 3.05) is 44.3 Å². The minimum Gasteiger partial charge on any atom is -0.378 e. The van der Waals surface area contributed by atoms with Crippen LogP contribution >= 0.6 is 0 Å². The van der Waals surface area contributed by atoms with Gasteiger partial charge in [0, 0.05) is 45.3 Å². The molecule has 130 valence electrons. The van der Waals surface area contributed by atoms with Gasteiger partial charge in [0.15, 0.2) is 0 Å². The molecule has 3 heterocycles. The predicted molar refractivity (Wildman–Crippen MR) is 89.5 cm³/mol. The molecule has 0 saturated carbocycles. The van der Waals surface area contributed by atoms with Gasteiger partial charge in [-0.2, -0.15) is 0 Å². The second kappa shape index (κ2) is 7.61. The third-order valence-corrected chi connectivity index (χ3v) is 4.58. The lowest BCUT2D eigenvalue weighted by Gasteiger charge is -2.27. The molecule has 7 heteroatoms. The van der Waals surface area contributed by atoms with Crippen molar-refractivity contribution in [3.05, 3.63) is 23.9 Å². The van der Waals surface area contributed by atoms with Crippen LogP contribution in [0.25, 0.3) is 0 Å². The van der Waals surface area contributed by atoms with Crippen LogP contribution in [0.15, 0.2) is 18.3 Å². The maximum absolute atomic E-state index is 12.2. The number of hydrogen-bond acceptors (Lipinski definition) is 5. The van der Waals surface area contributed by atoms with E-state index >= 15 is 0 Å². The minimum atomic E-state index is -0.238. The molecule has 7 nitrogen and oxygen atoms in total. The average Bonchev–Trinajstić information content (AvgIpc) is 3.02. The first-order chi connectivity index (χ1) is 11.7. The molecule has 2 fully saturated rings. The predicted octanol–water partition coefficient (Wildman–Crippen LogP) is 0.403. The fourth-order valence-corrected chi connectivity index (χ4v) is 3.09. The Labute approximate surface area is 142 Å². The SMILES string of the molecule is CCN1C[C@@H](C(=O)NCc2ccc(N3CCOCC3)nc2)CC1=O. The standard InChI is InChI=1S/C17H24N4O3/c1-2-20-12-14(9-16(20)22)17(23)19-11-13-3-4-15(18-10-13)21-5-7-24-8-6-21/h3-4,10,14H,2,5-9,11-12H2,1H3,(H,19,23)/t14-/m0/s1. The monoisotopic (exact) mass is 332 g/mol. The molecule has 1 atom stereocenters. The summed E-state index contributed by atoms with van der Waals surface area (Å²) in [5.41, 5.74) is 0.956. The van der Waals surface area contributed by atoms with Gasteiger partial charge in [0.1, 0.15) is 5.82 Å². The van der Waals surface area contributed by atoms with E-state index in [2.05, 4.69) is 15.2 Å². The highest BCUT2D eigenvalue weighted by molar-refractivity contribution is 5.89. The molecule has 2 amide bonds. The van der Waals surface area contributed by atoms with E-state index in [1.165, 1.54) is 0 Å². The summed E-state index contributed by atoms with van der Waals surface area (Å²) >= 11 is 0. The van der Waals surface area contributed by atoms with Crippen molar-refractivity contribution in [2.24, 2.45) is 5.92 Å². The number of rotatable bonds is 5. The lowest BCUT2D eigenvalue weighted by Crippen LogP contribution is -2.36.